The van der Waals surface area contributed by atoms with Gasteiger partial charge in [-0.25, -0.2) is 4.39 Å². The number of nitrogens with zero attached hydrogens (tertiary/aromatic N) is 3. The maximum Gasteiger partial charge on any atom is 0.260 e. The molecule has 3 aromatic rings. The Labute approximate surface area is 151 Å². The van der Waals surface area contributed by atoms with Gasteiger partial charge in [0.2, 0.25) is 5.13 Å². The van der Waals surface area contributed by atoms with Crippen molar-refractivity contribution in [1.29, 1.82) is 5.26 Å². The van der Waals surface area contributed by atoms with Gasteiger partial charge in [0.25, 0.3) is 5.91 Å². The largest absolute Gasteiger partial charge is 0.296 e. The third-order valence-corrected chi connectivity index (χ3v) is 5.26. The molecule has 0 bridgehead atoms. The third kappa shape index (κ3) is 4.21. The molecule has 0 aliphatic rings. The van der Waals surface area contributed by atoms with Crippen LogP contribution in [0.1, 0.15) is 21.5 Å². The zero-order valence-electron chi connectivity index (χ0n) is 12.8. The Morgan fingerprint density at radius 3 is 2.76 bits per heavy atom. The van der Waals surface area contributed by atoms with Crippen LogP contribution in [0.2, 0.25) is 0 Å². The smallest absolute Gasteiger partial charge is 0.260 e. The maximum absolute atomic E-state index is 13.6. The van der Waals surface area contributed by atoms with Gasteiger partial charge in [0.05, 0.1) is 17.2 Å². The summed E-state index contributed by atoms with van der Waals surface area (Å²) in [4.78, 5) is 12.1. The van der Waals surface area contributed by atoms with Gasteiger partial charge in [-0.15, -0.1) is 10.2 Å². The molecule has 0 saturated heterocycles. The number of nitriles is 1. The lowest BCUT2D eigenvalue weighted by atomic mass is 10.1. The average molecular weight is 370 g/mol. The number of halogens is 1. The van der Waals surface area contributed by atoms with Gasteiger partial charge in [0, 0.05) is 5.75 Å². The van der Waals surface area contributed by atoms with E-state index >= 15 is 0 Å². The Morgan fingerprint density at radius 2 is 1.96 bits per heavy atom. The highest BCUT2D eigenvalue weighted by Gasteiger charge is 2.14. The lowest BCUT2D eigenvalue weighted by Gasteiger charge is -2.02. The molecule has 0 spiro atoms. The predicted octanol–water partition coefficient (Wildman–Crippen LogP) is 4.09. The average Bonchev–Trinajstić information content (AvgIpc) is 3.07. The van der Waals surface area contributed by atoms with Crippen molar-refractivity contribution in [2.24, 2.45) is 0 Å². The van der Waals surface area contributed by atoms with Gasteiger partial charge in [-0.1, -0.05) is 53.4 Å². The van der Waals surface area contributed by atoms with Crippen molar-refractivity contribution < 1.29 is 9.18 Å². The van der Waals surface area contributed by atoms with Gasteiger partial charge in [0.1, 0.15) is 5.82 Å². The Morgan fingerprint density at radius 1 is 1.20 bits per heavy atom. The highest BCUT2D eigenvalue weighted by Crippen LogP contribution is 2.29. The first kappa shape index (κ1) is 17.1. The Balaban J connectivity index is 1.64. The van der Waals surface area contributed by atoms with Crippen molar-refractivity contribution >= 4 is 34.1 Å². The fourth-order valence-electron chi connectivity index (χ4n) is 2.02. The molecule has 0 aliphatic heterocycles. The van der Waals surface area contributed by atoms with E-state index in [2.05, 4.69) is 21.6 Å². The molecule has 1 heterocycles. The SMILES string of the molecule is N#Cc1ccccc1CSc1nnc(NC(=O)c2ccccc2F)s1. The van der Waals surface area contributed by atoms with Gasteiger partial charge in [0.15, 0.2) is 4.34 Å². The molecule has 5 nitrogen and oxygen atoms in total. The van der Waals surface area contributed by atoms with E-state index < -0.39 is 11.7 Å². The number of carbonyl (C=O) groups excluding carboxylic acids is 1. The number of benzene rings is 2. The van der Waals surface area contributed by atoms with Crippen molar-refractivity contribution in [3.63, 3.8) is 0 Å². The summed E-state index contributed by atoms with van der Waals surface area (Å²) in [5.74, 6) is -0.590. The van der Waals surface area contributed by atoms with Crippen LogP contribution in [0.4, 0.5) is 9.52 Å². The van der Waals surface area contributed by atoms with Gasteiger partial charge >= 0.3 is 0 Å². The summed E-state index contributed by atoms with van der Waals surface area (Å²) in [6, 6.07) is 15.2. The number of nitrogens with one attached hydrogen (secondary N) is 1. The molecule has 1 aromatic heterocycles. The van der Waals surface area contributed by atoms with Crippen LogP contribution < -0.4 is 5.32 Å². The molecule has 0 atom stereocenters. The standard InChI is InChI=1S/C17H11FN4OS2/c18-14-8-4-3-7-13(14)15(23)20-16-21-22-17(25-16)24-10-12-6-2-1-5-11(12)9-19/h1-8H,10H2,(H,20,21,23). The van der Waals surface area contributed by atoms with Crippen LogP contribution in [0.3, 0.4) is 0 Å². The van der Waals surface area contributed by atoms with Crippen molar-refractivity contribution in [1.82, 2.24) is 10.2 Å². The molecule has 3 rings (SSSR count). The highest BCUT2D eigenvalue weighted by molar-refractivity contribution is 8.00. The van der Waals surface area contributed by atoms with Gasteiger partial charge in [-0.05, 0) is 23.8 Å². The van der Waals surface area contributed by atoms with E-state index in [9.17, 15) is 9.18 Å². The molecular formula is C17H11FN4OS2. The minimum absolute atomic E-state index is 0.0464. The zero-order valence-corrected chi connectivity index (χ0v) is 14.4. The van der Waals surface area contributed by atoms with Crippen molar-refractivity contribution in [3.05, 3.63) is 71.0 Å². The van der Waals surface area contributed by atoms with E-state index in [1.807, 2.05) is 18.2 Å². The van der Waals surface area contributed by atoms with E-state index in [-0.39, 0.29) is 5.56 Å². The van der Waals surface area contributed by atoms with Crippen molar-refractivity contribution in [3.8, 4) is 6.07 Å². The highest BCUT2D eigenvalue weighted by atomic mass is 32.2. The first-order valence-corrected chi connectivity index (χ1v) is 8.98. The second kappa shape index (κ2) is 7.88. The first-order chi connectivity index (χ1) is 12.2. The van der Waals surface area contributed by atoms with Crippen LogP contribution in [0.5, 0.6) is 0 Å². The monoisotopic (exact) mass is 370 g/mol. The number of anilines is 1. The fraction of sp³-hybridized carbons (Fsp3) is 0.0588. The number of aromatic nitrogens is 2. The van der Waals surface area contributed by atoms with Gasteiger partial charge < -0.3 is 0 Å². The van der Waals surface area contributed by atoms with E-state index in [1.54, 1.807) is 12.1 Å². The van der Waals surface area contributed by atoms with Crippen molar-refractivity contribution in [2.75, 3.05) is 5.32 Å². The minimum Gasteiger partial charge on any atom is -0.296 e. The lowest BCUT2D eigenvalue weighted by molar-refractivity contribution is 0.102. The molecule has 0 fully saturated rings. The molecule has 0 radical (unpaired) electrons. The first-order valence-electron chi connectivity index (χ1n) is 7.17. The summed E-state index contributed by atoms with van der Waals surface area (Å²) in [5, 5.41) is 19.8. The topological polar surface area (TPSA) is 78.7 Å². The summed E-state index contributed by atoms with van der Waals surface area (Å²) in [5.41, 5.74) is 1.48. The van der Waals surface area contributed by atoms with Gasteiger partial charge in [-0.3, -0.25) is 10.1 Å². The lowest BCUT2D eigenvalue weighted by Crippen LogP contribution is -2.13. The van der Waals surface area contributed by atoms with Crippen molar-refractivity contribution in [2.45, 2.75) is 10.1 Å². The number of carbonyl (C=O) groups is 1. The van der Waals surface area contributed by atoms with Crippen LogP contribution in [0.25, 0.3) is 0 Å². The van der Waals surface area contributed by atoms with Crippen LogP contribution in [-0.4, -0.2) is 16.1 Å². The maximum atomic E-state index is 13.6. The Bertz CT molecular complexity index is 952. The second-order valence-electron chi connectivity index (χ2n) is 4.86. The Hall–Kier alpha value is -2.76. The zero-order chi connectivity index (χ0) is 17.6. The van der Waals surface area contributed by atoms with E-state index in [0.717, 1.165) is 5.56 Å². The van der Waals surface area contributed by atoms with Gasteiger partial charge in [-0.2, -0.15) is 5.26 Å². The van der Waals surface area contributed by atoms with E-state index in [1.165, 1.54) is 41.3 Å². The molecule has 0 aliphatic carbocycles. The molecular weight excluding hydrogens is 359 g/mol. The molecule has 1 N–H and O–H groups in total. The van der Waals surface area contributed by atoms with Crippen LogP contribution in [0, 0.1) is 17.1 Å². The Kier molecular flexibility index (Phi) is 5.38. The number of amides is 1. The molecule has 8 heteroatoms. The number of hydrogen-bond acceptors (Lipinski definition) is 6. The quantitative estimate of drug-likeness (QED) is 0.540. The van der Waals surface area contributed by atoms with E-state index in [0.29, 0.717) is 20.8 Å². The minimum atomic E-state index is -0.591. The number of hydrogen-bond donors (Lipinski definition) is 1. The summed E-state index contributed by atoms with van der Waals surface area (Å²) in [6.07, 6.45) is 0. The summed E-state index contributed by atoms with van der Waals surface area (Å²) in [7, 11) is 0. The molecule has 25 heavy (non-hydrogen) atoms. The fourth-order valence-corrected chi connectivity index (χ4v) is 3.77. The van der Waals surface area contributed by atoms with Crippen LogP contribution in [-0.2, 0) is 5.75 Å². The summed E-state index contributed by atoms with van der Waals surface area (Å²) >= 11 is 2.62. The molecule has 0 unspecified atom stereocenters. The molecule has 124 valence electrons. The normalized spacial score (nSPS) is 10.2. The summed E-state index contributed by atoms with van der Waals surface area (Å²) < 4.78 is 14.3. The summed E-state index contributed by atoms with van der Waals surface area (Å²) in [6.45, 7) is 0. The third-order valence-electron chi connectivity index (χ3n) is 3.23. The van der Waals surface area contributed by atoms with Crippen LogP contribution >= 0.6 is 23.1 Å². The number of rotatable bonds is 5. The molecule has 0 saturated carbocycles. The molecule has 1 amide bonds. The molecule has 2 aromatic carbocycles. The number of thioether (sulfide) groups is 1. The predicted molar refractivity (Wildman–Crippen MR) is 95.0 cm³/mol. The van der Waals surface area contributed by atoms with Crippen LogP contribution in [0.15, 0.2) is 52.9 Å². The second-order valence-corrected chi connectivity index (χ2v) is 7.06. The van der Waals surface area contributed by atoms with E-state index in [4.69, 9.17) is 5.26 Å².